The van der Waals surface area contributed by atoms with E-state index in [1.54, 1.807) is 4.31 Å². The van der Waals surface area contributed by atoms with Crippen molar-refractivity contribution in [3.63, 3.8) is 0 Å². The van der Waals surface area contributed by atoms with Crippen LogP contribution >= 0.6 is 24.0 Å². The van der Waals surface area contributed by atoms with Gasteiger partial charge in [-0.05, 0) is 48.6 Å². The van der Waals surface area contributed by atoms with Crippen molar-refractivity contribution in [2.24, 2.45) is 4.99 Å². The monoisotopic (exact) mass is 544 g/mol. The molecule has 0 aliphatic carbocycles. The highest BCUT2D eigenvalue weighted by molar-refractivity contribution is 14.0. The summed E-state index contributed by atoms with van der Waals surface area (Å²) in [7, 11) is -3.10. The molecule has 6 nitrogen and oxygen atoms in total. The molecule has 0 unspecified atom stereocenters. The molecule has 0 atom stereocenters. The third-order valence-electron chi connectivity index (χ3n) is 5.23. The van der Waals surface area contributed by atoms with E-state index in [2.05, 4.69) is 41.0 Å². The van der Waals surface area contributed by atoms with Gasteiger partial charge in [0.25, 0.3) is 0 Å². The average molecular weight is 545 g/mol. The molecule has 0 radical (unpaired) electrons. The molecule has 166 valence electrons. The van der Waals surface area contributed by atoms with Crippen LogP contribution in [0.15, 0.2) is 47.5 Å². The van der Waals surface area contributed by atoms with Crippen molar-refractivity contribution in [3.8, 4) is 0 Å². The molecule has 0 amide bonds. The lowest BCUT2D eigenvalue weighted by atomic mass is 10.1. The van der Waals surface area contributed by atoms with Gasteiger partial charge < -0.3 is 10.6 Å². The summed E-state index contributed by atoms with van der Waals surface area (Å²) >= 11 is 0. The van der Waals surface area contributed by atoms with Gasteiger partial charge in [0.1, 0.15) is 0 Å². The van der Waals surface area contributed by atoms with E-state index >= 15 is 0 Å². The van der Waals surface area contributed by atoms with Crippen LogP contribution in [0.25, 0.3) is 10.8 Å². The Hall–Kier alpha value is -1.39. The fourth-order valence-corrected chi connectivity index (χ4v) is 5.23. The van der Waals surface area contributed by atoms with E-state index < -0.39 is 10.0 Å². The first-order valence-corrected chi connectivity index (χ1v) is 12.1. The van der Waals surface area contributed by atoms with Gasteiger partial charge in [0.15, 0.2) is 5.96 Å². The first-order chi connectivity index (χ1) is 14.0. The second-order valence-corrected chi connectivity index (χ2v) is 9.60. The molecule has 0 saturated carbocycles. The van der Waals surface area contributed by atoms with Crippen molar-refractivity contribution in [2.75, 3.05) is 25.4 Å². The summed E-state index contributed by atoms with van der Waals surface area (Å²) in [5.41, 5.74) is 1.17. The van der Waals surface area contributed by atoms with Crippen molar-refractivity contribution in [1.29, 1.82) is 0 Å². The third-order valence-corrected chi connectivity index (χ3v) is 7.30. The number of halogens is 1. The fourth-order valence-electron chi connectivity index (χ4n) is 3.69. The quantitative estimate of drug-likeness (QED) is 0.317. The van der Waals surface area contributed by atoms with Crippen LogP contribution < -0.4 is 10.6 Å². The number of sulfonamides is 1. The molecule has 3 rings (SSSR count). The highest BCUT2D eigenvalue weighted by Gasteiger charge is 2.27. The lowest BCUT2D eigenvalue weighted by Gasteiger charge is -2.32. The molecule has 0 bridgehead atoms. The largest absolute Gasteiger partial charge is 0.357 e. The standard InChI is InChI=1S/C22H32N4O2S.HI/c1-3-15-29(27,28)26-13-11-21(12-14-26)25-22(23-4-2)24-17-18-9-10-19-7-5-6-8-20(19)16-18;/h5-10,16,21H,3-4,11-15,17H2,1-2H3,(H2,23,24,25);1H. The second kappa shape index (κ2) is 11.9. The number of guanidine groups is 1. The Morgan fingerprint density at radius 1 is 1.10 bits per heavy atom. The van der Waals surface area contributed by atoms with Crippen LogP contribution in [0, 0.1) is 0 Å². The Bertz CT molecular complexity index is 941. The van der Waals surface area contributed by atoms with E-state index in [0.29, 0.717) is 26.1 Å². The Kier molecular flexibility index (Phi) is 9.83. The van der Waals surface area contributed by atoms with E-state index in [0.717, 1.165) is 25.3 Å². The summed E-state index contributed by atoms with van der Waals surface area (Å²) in [6.45, 7) is 6.49. The summed E-state index contributed by atoms with van der Waals surface area (Å²) in [5.74, 6) is 1.02. The van der Waals surface area contributed by atoms with Crippen LogP contribution in [0.3, 0.4) is 0 Å². The number of hydrogen-bond donors (Lipinski definition) is 2. The molecule has 2 N–H and O–H groups in total. The van der Waals surface area contributed by atoms with Crippen molar-refractivity contribution in [3.05, 3.63) is 48.0 Å². The van der Waals surface area contributed by atoms with Gasteiger partial charge in [0.2, 0.25) is 10.0 Å². The van der Waals surface area contributed by atoms with Crippen molar-refractivity contribution >= 4 is 50.7 Å². The van der Waals surface area contributed by atoms with Crippen LogP contribution in [0.2, 0.25) is 0 Å². The maximum atomic E-state index is 12.2. The fraction of sp³-hybridized carbons (Fsp3) is 0.500. The molecule has 2 aromatic rings. The van der Waals surface area contributed by atoms with E-state index in [-0.39, 0.29) is 35.8 Å². The number of benzene rings is 2. The van der Waals surface area contributed by atoms with Crippen molar-refractivity contribution < 1.29 is 8.42 Å². The molecule has 30 heavy (non-hydrogen) atoms. The molecule has 1 heterocycles. The maximum absolute atomic E-state index is 12.2. The molecular weight excluding hydrogens is 511 g/mol. The van der Waals surface area contributed by atoms with Crippen LogP contribution in [-0.4, -0.2) is 50.1 Å². The molecular formula is C22H33IN4O2S. The predicted octanol–water partition coefficient (Wildman–Crippen LogP) is 3.72. The zero-order valence-electron chi connectivity index (χ0n) is 17.8. The number of piperidine rings is 1. The number of nitrogens with one attached hydrogen (secondary N) is 2. The van der Waals surface area contributed by atoms with Gasteiger partial charge >= 0.3 is 0 Å². The smallest absolute Gasteiger partial charge is 0.214 e. The summed E-state index contributed by atoms with van der Waals surface area (Å²) in [5, 5.41) is 9.24. The Morgan fingerprint density at radius 2 is 1.80 bits per heavy atom. The number of aliphatic imine (C=N–C) groups is 1. The molecule has 1 saturated heterocycles. The number of rotatable bonds is 7. The van der Waals surface area contributed by atoms with E-state index in [1.807, 2.05) is 26.0 Å². The number of hydrogen-bond acceptors (Lipinski definition) is 3. The van der Waals surface area contributed by atoms with Crippen molar-refractivity contribution in [1.82, 2.24) is 14.9 Å². The molecule has 1 fully saturated rings. The third kappa shape index (κ3) is 6.81. The minimum atomic E-state index is -3.10. The van der Waals surface area contributed by atoms with Crippen LogP contribution in [0.5, 0.6) is 0 Å². The Labute approximate surface area is 197 Å². The van der Waals surface area contributed by atoms with Gasteiger partial charge in [-0.3, -0.25) is 0 Å². The van der Waals surface area contributed by atoms with Gasteiger partial charge in [0, 0.05) is 25.7 Å². The zero-order valence-corrected chi connectivity index (χ0v) is 20.9. The molecule has 1 aliphatic rings. The van der Waals surface area contributed by atoms with Gasteiger partial charge in [-0.15, -0.1) is 24.0 Å². The Morgan fingerprint density at radius 3 is 2.47 bits per heavy atom. The Balaban J connectivity index is 0.00000320. The molecule has 1 aliphatic heterocycles. The molecule has 0 spiro atoms. The first kappa shape index (κ1) is 24.9. The summed E-state index contributed by atoms with van der Waals surface area (Å²) in [6.07, 6.45) is 2.25. The van der Waals surface area contributed by atoms with E-state index in [4.69, 9.17) is 4.99 Å². The van der Waals surface area contributed by atoms with Gasteiger partial charge in [-0.2, -0.15) is 0 Å². The topological polar surface area (TPSA) is 73.8 Å². The first-order valence-electron chi connectivity index (χ1n) is 10.5. The van der Waals surface area contributed by atoms with Gasteiger partial charge in [0.05, 0.1) is 12.3 Å². The molecule has 2 aromatic carbocycles. The molecule has 0 aromatic heterocycles. The van der Waals surface area contributed by atoms with Gasteiger partial charge in [-0.25, -0.2) is 17.7 Å². The maximum Gasteiger partial charge on any atom is 0.214 e. The zero-order chi connectivity index (χ0) is 20.7. The highest BCUT2D eigenvalue weighted by atomic mass is 127. The summed E-state index contributed by atoms with van der Waals surface area (Å²) in [4.78, 5) is 4.74. The lowest BCUT2D eigenvalue weighted by Crippen LogP contribution is -2.50. The number of fused-ring (bicyclic) bond motifs is 1. The summed E-state index contributed by atoms with van der Waals surface area (Å²) < 4.78 is 26.1. The van der Waals surface area contributed by atoms with E-state index in [9.17, 15) is 8.42 Å². The van der Waals surface area contributed by atoms with Crippen molar-refractivity contribution in [2.45, 2.75) is 45.7 Å². The minimum Gasteiger partial charge on any atom is -0.357 e. The highest BCUT2D eigenvalue weighted by Crippen LogP contribution is 2.17. The lowest BCUT2D eigenvalue weighted by molar-refractivity contribution is 0.306. The minimum absolute atomic E-state index is 0. The SMILES string of the molecule is CCCS(=O)(=O)N1CCC(NC(=NCc2ccc3ccccc3c2)NCC)CC1.I. The number of nitrogens with zero attached hydrogens (tertiary/aromatic N) is 2. The average Bonchev–Trinajstić information content (AvgIpc) is 2.72. The normalized spacial score (nSPS) is 16.3. The summed E-state index contributed by atoms with van der Waals surface area (Å²) in [6, 6.07) is 15.0. The predicted molar refractivity (Wildman–Crippen MR) is 136 cm³/mol. The molecule has 8 heteroatoms. The van der Waals surface area contributed by atoms with E-state index in [1.165, 1.54) is 16.3 Å². The van der Waals surface area contributed by atoms with Crippen LogP contribution in [0.4, 0.5) is 0 Å². The van der Waals surface area contributed by atoms with Gasteiger partial charge in [-0.1, -0.05) is 43.3 Å². The van der Waals surface area contributed by atoms with Crippen LogP contribution in [0.1, 0.15) is 38.7 Å². The second-order valence-electron chi connectivity index (χ2n) is 7.51. The van der Waals surface area contributed by atoms with Crippen LogP contribution in [-0.2, 0) is 16.6 Å².